The Morgan fingerprint density at radius 3 is 2.14 bits per heavy atom. The van der Waals surface area contributed by atoms with Crippen molar-refractivity contribution < 1.29 is 14.3 Å². The number of piperazine rings is 1. The van der Waals surface area contributed by atoms with Crippen LogP contribution in [0.1, 0.15) is 20.8 Å². The Labute approximate surface area is 216 Å². The van der Waals surface area contributed by atoms with Gasteiger partial charge in [-0.1, -0.05) is 36.4 Å². The highest BCUT2D eigenvalue weighted by Crippen LogP contribution is 2.23. The van der Waals surface area contributed by atoms with Crippen molar-refractivity contribution in [3.8, 4) is 22.8 Å². The third-order valence-electron chi connectivity index (χ3n) is 6.29. The summed E-state index contributed by atoms with van der Waals surface area (Å²) in [4.78, 5) is 34.3. The Hall–Kier alpha value is -4.49. The van der Waals surface area contributed by atoms with E-state index in [2.05, 4.69) is 22.2 Å². The summed E-state index contributed by atoms with van der Waals surface area (Å²) in [5, 5.41) is 2.88. The first kappa shape index (κ1) is 24.2. The van der Waals surface area contributed by atoms with E-state index in [4.69, 9.17) is 4.74 Å². The van der Waals surface area contributed by atoms with Crippen LogP contribution in [0.4, 0.5) is 5.69 Å². The standard InChI is InChI=1S/C30H28N4O3/c1-33-18-20-34(21-19-33)30(36)23-12-10-22(11-13-23)27-8-5-9-28(32-27)29(35)31-24-14-16-26(17-15-24)37-25-6-3-2-4-7-25/h2-17H,18-21H2,1H3,(H,31,35). The first-order valence-electron chi connectivity index (χ1n) is 12.2. The van der Waals surface area contributed by atoms with Crippen molar-refractivity contribution >= 4 is 17.5 Å². The second-order valence-corrected chi connectivity index (χ2v) is 8.97. The number of carbonyl (C=O) groups excluding carboxylic acids is 2. The number of benzene rings is 3. The zero-order valence-corrected chi connectivity index (χ0v) is 20.6. The van der Waals surface area contributed by atoms with Gasteiger partial charge in [0.25, 0.3) is 11.8 Å². The van der Waals surface area contributed by atoms with Crippen molar-refractivity contribution in [3.05, 3.63) is 108 Å². The molecule has 0 unspecified atom stereocenters. The summed E-state index contributed by atoms with van der Waals surface area (Å²) in [6.45, 7) is 3.24. The lowest BCUT2D eigenvalue weighted by molar-refractivity contribution is 0.0664. The number of nitrogens with one attached hydrogen (secondary N) is 1. The van der Waals surface area contributed by atoms with Gasteiger partial charge in [-0.3, -0.25) is 9.59 Å². The Balaban J connectivity index is 1.23. The molecule has 0 saturated carbocycles. The van der Waals surface area contributed by atoms with E-state index in [1.807, 2.05) is 65.6 Å². The fourth-order valence-corrected chi connectivity index (χ4v) is 4.12. The largest absolute Gasteiger partial charge is 0.457 e. The summed E-state index contributed by atoms with van der Waals surface area (Å²) in [7, 11) is 2.07. The molecule has 3 aromatic carbocycles. The number of likely N-dealkylation sites (N-methyl/N-ethyl adjacent to an activating group) is 1. The Morgan fingerprint density at radius 2 is 1.43 bits per heavy atom. The number of para-hydroxylation sites is 1. The molecule has 37 heavy (non-hydrogen) atoms. The number of hydrogen-bond acceptors (Lipinski definition) is 5. The summed E-state index contributed by atoms with van der Waals surface area (Å²) in [5.41, 5.74) is 3.11. The van der Waals surface area contributed by atoms with E-state index >= 15 is 0 Å². The Kier molecular flexibility index (Phi) is 7.23. The molecule has 0 aliphatic carbocycles. The molecule has 186 valence electrons. The van der Waals surface area contributed by atoms with Gasteiger partial charge in [0.2, 0.25) is 0 Å². The van der Waals surface area contributed by atoms with Gasteiger partial charge >= 0.3 is 0 Å². The molecule has 2 amide bonds. The maximum absolute atomic E-state index is 12.9. The van der Waals surface area contributed by atoms with Crippen molar-refractivity contribution in [2.24, 2.45) is 0 Å². The van der Waals surface area contributed by atoms with Crippen LogP contribution < -0.4 is 10.1 Å². The minimum absolute atomic E-state index is 0.0425. The fraction of sp³-hybridized carbons (Fsp3) is 0.167. The van der Waals surface area contributed by atoms with Gasteiger partial charge in [-0.25, -0.2) is 4.98 Å². The Bertz CT molecular complexity index is 1360. The Morgan fingerprint density at radius 1 is 0.757 bits per heavy atom. The summed E-state index contributed by atoms with van der Waals surface area (Å²) in [6, 6.07) is 29.4. The SMILES string of the molecule is CN1CCN(C(=O)c2ccc(-c3cccc(C(=O)Nc4ccc(Oc5ccccc5)cc4)n3)cc2)CC1. The molecular formula is C30H28N4O3. The van der Waals surface area contributed by atoms with Gasteiger partial charge in [0, 0.05) is 43.0 Å². The van der Waals surface area contributed by atoms with Crippen LogP contribution in [-0.4, -0.2) is 59.8 Å². The van der Waals surface area contributed by atoms with Crippen molar-refractivity contribution in [1.82, 2.24) is 14.8 Å². The van der Waals surface area contributed by atoms with Gasteiger partial charge in [0.1, 0.15) is 17.2 Å². The lowest BCUT2D eigenvalue weighted by atomic mass is 10.1. The molecule has 0 radical (unpaired) electrons. The number of nitrogens with zero attached hydrogens (tertiary/aromatic N) is 3. The second kappa shape index (κ2) is 11.1. The van der Waals surface area contributed by atoms with E-state index < -0.39 is 0 Å². The summed E-state index contributed by atoms with van der Waals surface area (Å²) in [6.07, 6.45) is 0. The van der Waals surface area contributed by atoms with E-state index in [1.54, 1.807) is 36.4 Å². The third-order valence-corrected chi connectivity index (χ3v) is 6.29. The van der Waals surface area contributed by atoms with Gasteiger partial charge in [0.05, 0.1) is 5.69 Å². The maximum atomic E-state index is 12.9. The van der Waals surface area contributed by atoms with Gasteiger partial charge < -0.3 is 19.9 Å². The topological polar surface area (TPSA) is 74.8 Å². The van der Waals surface area contributed by atoms with Crippen LogP contribution in [0.25, 0.3) is 11.3 Å². The molecule has 1 saturated heterocycles. The molecule has 2 heterocycles. The van der Waals surface area contributed by atoms with E-state index in [1.165, 1.54) is 0 Å². The fourth-order valence-electron chi connectivity index (χ4n) is 4.12. The zero-order chi connectivity index (χ0) is 25.6. The molecule has 1 aliphatic heterocycles. The van der Waals surface area contributed by atoms with Gasteiger partial charge in [-0.15, -0.1) is 0 Å². The van der Waals surface area contributed by atoms with Crippen LogP contribution >= 0.6 is 0 Å². The van der Waals surface area contributed by atoms with Gasteiger partial charge in [0.15, 0.2) is 0 Å². The minimum Gasteiger partial charge on any atom is -0.457 e. The van der Waals surface area contributed by atoms with Gasteiger partial charge in [-0.05, 0) is 67.7 Å². The highest BCUT2D eigenvalue weighted by Gasteiger charge is 2.20. The number of anilines is 1. The molecule has 1 N–H and O–H groups in total. The van der Waals surface area contributed by atoms with Crippen LogP contribution in [0.2, 0.25) is 0 Å². The molecule has 7 nitrogen and oxygen atoms in total. The van der Waals surface area contributed by atoms with E-state index in [9.17, 15) is 9.59 Å². The number of rotatable bonds is 6. The number of pyridine rings is 1. The quantitative estimate of drug-likeness (QED) is 0.401. The molecule has 4 aromatic rings. The minimum atomic E-state index is -0.305. The zero-order valence-electron chi connectivity index (χ0n) is 20.6. The first-order valence-corrected chi connectivity index (χ1v) is 12.2. The van der Waals surface area contributed by atoms with Crippen LogP contribution in [0.5, 0.6) is 11.5 Å². The average Bonchev–Trinajstić information content (AvgIpc) is 2.95. The van der Waals surface area contributed by atoms with Crippen LogP contribution in [-0.2, 0) is 0 Å². The van der Waals surface area contributed by atoms with E-state index in [0.29, 0.717) is 28.4 Å². The smallest absolute Gasteiger partial charge is 0.274 e. The number of aromatic nitrogens is 1. The summed E-state index contributed by atoms with van der Waals surface area (Å²) >= 11 is 0. The molecule has 1 aromatic heterocycles. The van der Waals surface area contributed by atoms with Crippen molar-refractivity contribution in [2.75, 3.05) is 38.5 Å². The maximum Gasteiger partial charge on any atom is 0.274 e. The molecular weight excluding hydrogens is 464 g/mol. The lowest BCUT2D eigenvalue weighted by Gasteiger charge is -2.32. The van der Waals surface area contributed by atoms with Crippen LogP contribution in [0.3, 0.4) is 0 Å². The third kappa shape index (κ3) is 6.02. The highest BCUT2D eigenvalue weighted by atomic mass is 16.5. The molecule has 1 fully saturated rings. The molecule has 0 spiro atoms. The van der Waals surface area contributed by atoms with E-state index in [0.717, 1.165) is 37.5 Å². The number of amides is 2. The molecule has 1 aliphatic rings. The summed E-state index contributed by atoms with van der Waals surface area (Å²) in [5.74, 6) is 1.16. The first-order chi connectivity index (χ1) is 18.0. The van der Waals surface area contributed by atoms with Crippen molar-refractivity contribution in [2.45, 2.75) is 0 Å². The average molecular weight is 493 g/mol. The van der Waals surface area contributed by atoms with Crippen molar-refractivity contribution in [1.29, 1.82) is 0 Å². The molecule has 0 atom stereocenters. The summed E-state index contributed by atoms with van der Waals surface area (Å²) < 4.78 is 5.80. The predicted octanol–water partition coefficient (Wildman–Crippen LogP) is 5.18. The van der Waals surface area contributed by atoms with Crippen LogP contribution in [0, 0.1) is 0 Å². The molecule has 0 bridgehead atoms. The van der Waals surface area contributed by atoms with Crippen molar-refractivity contribution in [3.63, 3.8) is 0 Å². The normalized spacial score (nSPS) is 13.7. The highest BCUT2D eigenvalue weighted by molar-refractivity contribution is 6.03. The number of ether oxygens (including phenoxy) is 1. The monoisotopic (exact) mass is 492 g/mol. The number of carbonyl (C=O) groups is 2. The van der Waals surface area contributed by atoms with Crippen LogP contribution in [0.15, 0.2) is 97.1 Å². The lowest BCUT2D eigenvalue weighted by Crippen LogP contribution is -2.47. The molecule has 7 heteroatoms. The van der Waals surface area contributed by atoms with E-state index in [-0.39, 0.29) is 11.8 Å². The molecule has 5 rings (SSSR count). The second-order valence-electron chi connectivity index (χ2n) is 8.97. The van der Waals surface area contributed by atoms with Gasteiger partial charge in [-0.2, -0.15) is 0 Å². The predicted molar refractivity (Wildman–Crippen MR) is 144 cm³/mol. The number of hydrogen-bond donors (Lipinski definition) is 1.